The van der Waals surface area contributed by atoms with E-state index in [1.807, 2.05) is 29.9 Å². The van der Waals surface area contributed by atoms with E-state index >= 15 is 0 Å². The van der Waals surface area contributed by atoms with Gasteiger partial charge in [0.15, 0.2) is 5.16 Å². The van der Waals surface area contributed by atoms with E-state index in [-0.39, 0.29) is 6.03 Å². The topological polar surface area (TPSA) is 94.5 Å². The van der Waals surface area contributed by atoms with Crippen molar-refractivity contribution in [1.82, 2.24) is 20.2 Å². The Morgan fingerprint density at radius 1 is 1.30 bits per heavy atom. The third kappa shape index (κ3) is 4.08. The number of carbonyl (C=O) groups excluding carboxylic acids is 2. The highest BCUT2D eigenvalue weighted by Gasteiger charge is 2.33. The molecule has 8 nitrogen and oxygen atoms in total. The third-order valence-corrected chi connectivity index (χ3v) is 5.22. The van der Waals surface area contributed by atoms with E-state index in [4.69, 9.17) is 9.47 Å². The smallest absolute Gasteiger partial charge is 0.338 e. The maximum atomic E-state index is 12.5. The van der Waals surface area contributed by atoms with E-state index in [0.717, 1.165) is 10.7 Å². The first-order valence-electron chi connectivity index (χ1n) is 8.16. The summed E-state index contributed by atoms with van der Waals surface area (Å²) in [4.78, 5) is 28.9. The number of amides is 2. The van der Waals surface area contributed by atoms with Crippen molar-refractivity contribution >= 4 is 23.8 Å². The molecule has 1 aliphatic rings. The molecule has 0 saturated heterocycles. The van der Waals surface area contributed by atoms with Crippen LogP contribution in [-0.4, -0.2) is 41.5 Å². The lowest BCUT2D eigenvalue weighted by molar-refractivity contribution is -0.136. The minimum Gasteiger partial charge on any atom is -0.497 e. The van der Waals surface area contributed by atoms with Crippen LogP contribution in [0.1, 0.15) is 11.6 Å². The summed E-state index contributed by atoms with van der Waals surface area (Å²) >= 11 is 1.42. The summed E-state index contributed by atoms with van der Waals surface area (Å²) in [5, 5.41) is 6.30. The van der Waals surface area contributed by atoms with E-state index in [2.05, 4.69) is 15.6 Å². The van der Waals surface area contributed by atoms with Crippen molar-refractivity contribution in [3.05, 3.63) is 53.5 Å². The van der Waals surface area contributed by atoms with Crippen LogP contribution >= 0.6 is 11.8 Å². The van der Waals surface area contributed by atoms with Gasteiger partial charge < -0.3 is 24.7 Å². The number of aryl methyl sites for hydroxylation is 1. The minimum absolute atomic E-state index is 0.365. The van der Waals surface area contributed by atoms with Crippen molar-refractivity contribution in [2.24, 2.45) is 7.05 Å². The van der Waals surface area contributed by atoms with Crippen LogP contribution in [0.3, 0.4) is 0 Å². The molecule has 1 aromatic heterocycles. The van der Waals surface area contributed by atoms with Gasteiger partial charge in [-0.1, -0.05) is 23.9 Å². The fourth-order valence-electron chi connectivity index (χ4n) is 2.76. The highest BCUT2D eigenvalue weighted by atomic mass is 32.2. The summed E-state index contributed by atoms with van der Waals surface area (Å²) in [6.07, 6.45) is 3.53. The average Bonchev–Trinajstić information content (AvgIpc) is 3.10. The quantitative estimate of drug-likeness (QED) is 0.581. The lowest BCUT2D eigenvalue weighted by atomic mass is 9.95. The number of benzene rings is 1. The normalized spacial score (nSPS) is 16.6. The van der Waals surface area contributed by atoms with Crippen molar-refractivity contribution in [2.45, 2.75) is 11.2 Å². The van der Waals surface area contributed by atoms with E-state index in [1.54, 1.807) is 25.4 Å². The molecule has 0 aliphatic carbocycles. The highest BCUT2D eigenvalue weighted by molar-refractivity contribution is 7.99. The van der Waals surface area contributed by atoms with Gasteiger partial charge in [0.05, 0.1) is 25.8 Å². The van der Waals surface area contributed by atoms with Gasteiger partial charge in [0, 0.05) is 30.9 Å². The van der Waals surface area contributed by atoms with Gasteiger partial charge in [-0.3, -0.25) is 0 Å². The number of hydrogen-bond acceptors (Lipinski definition) is 6. The maximum Gasteiger partial charge on any atom is 0.338 e. The molecule has 2 amide bonds. The molecule has 0 bridgehead atoms. The van der Waals surface area contributed by atoms with Crippen molar-refractivity contribution in [1.29, 1.82) is 0 Å². The number of imidazole rings is 1. The van der Waals surface area contributed by atoms with E-state index in [9.17, 15) is 9.59 Å². The molecule has 1 atom stereocenters. The summed E-state index contributed by atoms with van der Waals surface area (Å²) in [5.41, 5.74) is 1.62. The van der Waals surface area contributed by atoms with Crippen LogP contribution in [0.4, 0.5) is 4.79 Å². The first-order chi connectivity index (χ1) is 13.0. The maximum absolute atomic E-state index is 12.5. The predicted molar refractivity (Wildman–Crippen MR) is 100 cm³/mol. The number of urea groups is 1. The van der Waals surface area contributed by atoms with Crippen molar-refractivity contribution in [3.63, 3.8) is 0 Å². The van der Waals surface area contributed by atoms with Gasteiger partial charge in [0.1, 0.15) is 5.75 Å². The number of aromatic nitrogens is 2. The predicted octanol–water partition coefficient (Wildman–Crippen LogP) is 2.00. The zero-order valence-electron chi connectivity index (χ0n) is 15.2. The number of esters is 1. The van der Waals surface area contributed by atoms with Crippen molar-refractivity contribution in [2.75, 3.05) is 20.0 Å². The molecule has 3 rings (SSSR count). The molecule has 27 heavy (non-hydrogen) atoms. The fraction of sp³-hybridized carbons (Fsp3) is 0.278. The number of hydrogen-bond donors (Lipinski definition) is 2. The van der Waals surface area contributed by atoms with Crippen molar-refractivity contribution in [3.8, 4) is 5.75 Å². The Bertz CT molecular complexity index is 876. The zero-order chi connectivity index (χ0) is 19.4. The summed E-state index contributed by atoms with van der Waals surface area (Å²) in [6, 6.07) is 6.18. The Labute approximate surface area is 160 Å². The molecular weight excluding hydrogens is 368 g/mol. The number of ether oxygens (including phenoxy) is 2. The summed E-state index contributed by atoms with van der Waals surface area (Å²) in [5.74, 6) is 0.557. The molecule has 0 spiro atoms. The number of methoxy groups -OCH3 is 2. The largest absolute Gasteiger partial charge is 0.497 e. The van der Waals surface area contributed by atoms with Gasteiger partial charge in [-0.15, -0.1) is 0 Å². The van der Waals surface area contributed by atoms with Crippen LogP contribution in [0.2, 0.25) is 0 Å². The molecule has 0 fully saturated rings. The molecule has 0 saturated carbocycles. The Morgan fingerprint density at radius 3 is 2.63 bits per heavy atom. The van der Waals surface area contributed by atoms with Crippen LogP contribution in [0.25, 0.3) is 0 Å². The molecule has 0 radical (unpaired) electrons. The second-order valence-electron chi connectivity index (χ2n) is 5.80. The van der Waals surface area contributed by atoms with Gasteiger partial charge in [-0.25, -0.2) is 14.6 Å². The number of carbonyl (C=O) groups is 2. The molecule has 2 aromatic rings. The number of rotatable bonds is 6. The van der Waals surface area contributed by atoms with Crippen LogP contribution in [0.5, 0.6) is 5.75 Å². The van der Waals surface area contributed by atoms with Crippen LogP contribution in [0, 0.1) is 0 Å². The van der Waals surface area contributed by atoms with Gasteiger partial charge in [0.25, 0.3) is 0 Å². The first kappa shape index (κ1) is 18.8. The Morgan fingerprint density at radius 2 is 2.04 bits per heavy atom. The molecule has 2 heterocycles. The number of thioether (sulfide) groups is 1. The zero-order valence-corrected chi connectivity index (χ0v) is 16.0. The SMILES string of the molecule is COC(=O)C1=C(CSc2nccn2C)NC(=O)N[C@H]1c1ccc(OC)cc1. The van der Waals surface area contributed by atoms with Gasteiger partial charge in [-0.2, -0.15) is 0 Å². The summed E-state index contributed by atoms with van der Waals surface area (Å²) in [6.45, 7) is 0. The lowest BCUT2D eigenvalue weighted by Crippen LogP contribution is -2.46. The van der Waals surface area contributed by atoms with E-state index < -0.39 is 12.0 Å². The van der Waals surface area contributed by atoms with Gasteiger partial charge >= 0.3 is 12.0 Å². The standard InChI is InChI=1S/C18H20N4O4S/c1-22-9-8-19-18(22)27-10-13-14(16(23)26-3)15(21-17(24)20-13)11-4-6-12(25-2)7-5-11/h4-9,15H,10H2,1-3H3,(H2,20,21,24)/t15-/m0/s1. The molecule has 1 aliphatic heterocycles. The molecular formula is C18H20N4O4S. The first-order valence-corrected chi connectivity index (χ1v) is 9.15. The average molecular weight is 388 g/mol. The van der Waals surface area contributed by atoms with Crippen LogP contribution in [-0.2, 0) is 16.6 Å². The van der Waals surface area contributed by atoms with Gasteiger partial charge in [0.2, 0.25) is 0 Å². The molecule has 1 aromatic carbocycles. The fourth-order valence-corrected chi connectivity index (χ4v) is 3.66. The van der Waals surface area contributed by atoms with Crippen molar-refractivity contribution < 1.29 is 19.1 Å². The number of nitrogens with one attached hydrogen (secondary N) is 2. The molecule has 9 heteroatoms. The molecule has 2 N–H and O–H groups in total. The number of nitrogens with zero attached hydrogens (tertiary/aromatic N) is 2. The highest BCUT2D eigenvalue weighted by Crippen LogP contribution is 2.31. The Hall–Kier alpha value is -2.94. The third-order valence-electron chi connectivity index (χ3n) is 4.13. The summed E-state index contributed by atoms with van der Waals surface area (Å²) < 4.78 is 12.0. The van der Waals surface area contributed by atoms with Crippen LogP contribution in [0.15, 0.2) is 53.1 Å². The Balaban J connectivity index is 1.96. The lowest BCUT2D eigenvalue weighted by Gasteiger charge is -2.29. The summed E-state index contributed by atoms with van der Waals surface area (Å²) in [7, 11) is 4.78. The van der Waals surface area contributed by atoms with Gasteiger partial charge in [-0.05, 0) is 17.7 Å². The van der Waals surface area contributed by atoms with E-state index in [0.29, 0.717) is 22.8 Å². The Kier molecular flexibility index (Phi) is 5.70. The monoisotopic (exact) mass is 388 g/mol. The second kappa shape index (κ2) is 8.17. The molecule has 0 unspecified atom stereocenters. The molecule has 142 valence electrons. The van der Waals surface area contributed by atoms with Crippen LogP contribution < -0.4 is 15.4 Å². The second-order valence-corrected chi connectivity index (χ2v) is 6.74. The van der Waals surface area contributed by atoms with E-state index in [1.165, 1.54) is 18.9 Å². The minimum atomic E-state index is -0.617.